The van der Waals surface area contributed by atoms with E-state index in [0.29, 0.717) is 6.61 Å². The number of hydrogen-bond acceptors (Lipinski definition) is 2. The molecule has 0 unspecified atom stereocenters. The number of esters is 1. The summed E-state index contributed by atoms with van der Waals surface area (Å²) in [6.07, 6.45) is 4.28. The van der Waals surface area contributed by atoms with Gasteiger partial charge in [-0.05, 0) is 35.7 Å². The van der Waals surface area contributed by atoms with Gasteiger partial charge >= 0.3 is 5.97 Å². The molecule has 0 aliphatic heterocycles. The summed E-state index contributed by atoms with van der Waals surface area (Å²) in [4.78, 5) is 19.9. The number of rotatable bonds is 6. The number of carbonyl (C=O) groups is 1. The Morgan fingerprint density at radius 2 is 1.29 bits per heavy atom. The summed E-state index contributed by atoms with van der Waals surface area (Å²) in [5.41, 5.74) is 4.55. The van der Waals surface area contributed by atoms with Crippen LogP contribution in [-0.4, -0.2) is 22.5 Å². The third-order valence-corrected chi connectivity index (χ3v) is 6.08. The molecule has 0 saturated heterocycles. The Kier molecular flexibility index (Phi) is 4.83. The largest absolute Gasteiger partial charge is 0.466 e. The lowest BCUT2D eigenvalue weighted by Crippen LogP contribution is -2.33. The second kappa shape index (κ2) is 7.80. The molecule has 0 aliphatic carbocycles. The Labute approximate surface area is 180 Å². The highest BCUT2D eigenvalue weighted by Gasteiger charge is 2.42. The van der Waals surface area contributed by atoms with E-state index in [1.165, 1.54) is 0 Å². The van der Waals surface area contributed by atoms with Gasteiger partial charge in [-0.2, -0.15) is 0 Å². The summed E-state index contributed by atoms with van der Waals surface area (Å²) in [7, 11) is 0. The average molecular weight is 409 g/mol. The number of H-pyrrole nitrogens is 2. The zero-order valence-corrected chi connectivity index (χ0v) is 17.4. The van der Waals surface area contributed by atoms with Crippen LogP contribution in [0.1, 0.15) is 30.0 Å². The van der Waals surface area contributed by atoms with Crippen LogP contribution in [0.3, 0.4) is 0 Å². The topological polar surface area (TPSA) is 57.9 Å². The van der Waals surface area contributed by atoms with Crippen LogP contribution in [0.2, 0.25) is 0 Å². The van der Waals surface area contributed by atoms with Crippen molar-refractivity contribution >= 4 is 27.8 Å². The van der Waals surface area contributed by atoms with E-state index in [1.54, 1.807) is 0 Å². The van der Waals surface area contributed by atoms with Gasteiger partial charge in [0.15, 0.2) is 0 Å². The fourth-order valence-electron chi connectivity index (χ4n) is 4.75. The van der Waals surface area contributed by atoms with E-state index in [2.05, 4.69) is 46.4 Å². The molecule has 0 aliphatic rings. The molecule has 0 atom stereocenters. The molecule has 0 spiro atoms. The Morgan fingerprint density at radius 3 is 1.84 bits per heavy atom. The SMILES string of the molecule is CCOC(=O)CC(c1ccccc1)(c1c[nH]c2ccccc12)c1c[nH]c2ccccc12. The number of ether oxygens (including phenoxy) is 1. The lowest BCUT2D eigenvalue weighted by molar-refractivity contribution is -0.144. The van der Waals surface area contributed by atoms with E-state index in [-0.39, 0.29) is 12.4 Å². The van der Waals surface area contributed by atoms with E-state index in [4.69, 9.17) is 4.74 Å². The van der Waals surface area contributed by atoms with Crippen LogP contribution in [0, 0.1) is 0 Å². The lowest BCUT2D eigenvalue weighted by atomic mass is 9.67. The summed E-state index contributed by atoms with van der Waals surface area (Å²) in [6, 6.07) is 26.7. The fraction of sp³-hybridized carbons (Fsp3) is 0.148. The number of benzene rings is 3. The molecule has 2 aromatic heterocycles. The molecule has 0 bridgehead atoms. The molecule has 2 heterocycles. The van der Waals surface area contributed by atoms with Gasteiger partial charge in [0.25, 0.3) is 0 Å². The molecule has 5 rings (SSSR count). The summed E-state index contributed by atoms with van der Waals surface area (Å²) < 4.78 is 5.48. The highest BCUT2D eigenvalue weighted by molar-refractivity contribution is 5.92. The molecular formula is C27H24N2O2. The van der Waals surface area contributed by atoms with Gasteiger partial charge in [0.2, 0.25) is 0 Å². The molecule has 3 aromatic carbocycles. The van der Waals surface area contributed by atoms with Crippen molar-refractivity contribution in [3.8, 4) is 0 Å². The van der Waals surface area contributed by atoms with Crippen molar-refractivity contribution in [1.82, 2.24) is 9.97 Å². The average Bonchev–Trinajstić information content (AvgIpc) is 3.44. The maximum atomic E-state index is 13.1. The Bertz CT molecular complexity index is 1270. The normalized spacial score (nSPS) is 11.8. The minimum absolute atomic E-state index is 0.203. The zero-order chi connectivity index (χ0) is 21.3. The minimum Gasteiger partial charge on any atom is -0.466 e. The maximum Gasteiger partial charge on any atom is 0.307 e. The summed E-state index contributed by atoms with van der Waals surface area (Å²) >= 11 is 0. The molecule has 31 heavy (non-hydrogen) atoms. The molecule has 0 fully saturated rings. The highest BCUT2D eigenvalue weighted by atomic mass is 16.5. The highest BCUT2D eigenvalue weighted by Crippen LogP contribution is 2.47. The fourth-order valence-corrected chi connectivity index (χ4v) is 4.75. The number of hydrogen-bond donors (Lipinski definition) is 2. The zero-order valence-electron chi connectivity index (χ0n) is 17.4. The van der Waals surface area contributed by atoms with Crippen LogP contribution >= 0.6 is 0 Å². The van der Waals surface area contributed by atoms with Crippen LogP contribution < -0.4 is 0 Å². The number of aromatic amines is 2. The van der Waals surface area contributed by atoms with Crippen molar-refractivity contribution in [2.45, 2.75) is 18.8 Å². The standard InChI is InChI=1S/C27H24N2O2/c1-2-31-26(30)16-27(19-10-4-3-5-11-19,22-17-28-24-14-8-6-12-20(22)24)23-18-29-25-15-9-7-13-21(23)25/h3-15,17-18,28-29H,2,16H2,1H3. The summed E-state index contributed by atoms with van der Waals surface area (Å²) in [5, 5.41) is 2.20. The third kappa shape index (κ3) is 3.12. The van der Waals surface area contributed by atoms with Gasteiger partial charge in [-0.3, -0.25) is 4.79 Å². The first-order chi connectivity index (χ1) is 15.2. The van der Waals surface area contributed by atoms with Gasteiger partial charge in [-0.25, -0.2) is 0 Å². The van der Waals surface area contributed by atoms with E-state index in [1.807, 2.05) is 61.8 Å². The first kappa shape index (κ1) is 19.2. The van der Waals surface area contributed by atoms with Crippen LogP contribution in [0.25, 0.3) is 21.8 Å². The predicted molar refractivity (Wildman–Crippen MR) is 124 cm³/mol. The molecule has 154 valence electrons. The van der Waals surface area contributed by atoms with Gasteiger partial charge in [0.05, 0.1) is 18.4 Å². The van der Waals surface area contributed by atoms with E-state index in [9.17, 15) is 4.79 Å². The first-order valence-electron chi connectivity index (χ1n) is 10.6. The Morgan fingerprint density at radius 1 is 0.774 bits per heavy atom. The summed E-state index contributed by atoms with van der Waals surface area (Å²) in [6.45, 7) is 2.20. The van der Waals surface area contributed by atoms with Crippen molar-refractivity contribution < 1.29 is 9.53 Å². The van der Waals surface area contributed by atoms with Crippen molar-refractivity contribution in [1.29, 1.82) is 0 Å². The van der Waals surface area contributed by atoms with E-state index in [0.717, 1.165) is 38.5 Å². The van der Waals surface area contributed by atoms with E-state index < -0.39 is 5.41 Å². The van der Waals surface area contributed by atoms with Gasteiger partial charge in [0, 0.05) is 34.2 Å². The monoisotopic (exact) mass is 408 g/mol. The number of fused-ring (bicyclic) bond motifs is 2. The molecule has 2 N–H and O–H groups in total. The van der Waals surface area contributed by atoms with Crippen molar-refractivity contribution in [3.63, 3.8) is 0 Å². The van der Waals surface area contributed by atoms with Crippen LogP contribution in [0.5, 0.6) is 0 Å². The molecule has 0 saturated carbocycles. The smallest absolute Gasteiger partial charge is 0.307 e. The number of nitrogens with one attached hydrogen (secondary N) is 2. The van der Waals surface area contributed by atoms with Gasteiger partial charge in [-0.15, -0.1) is 0 Å². The lowest BCUT2D eigenvalue weighted by Gasteiger charge is -2.34. The third-order valence-electron chi connectivity index (χ3n) is 6.08. The van der Waals surface area contributed by atoms with Crippen molar-refractivity contribution in [2.75, 3.05) is 6.61 Å². The molecule has 4 heteroatoms. The number of aromatic nitrogens is 2. The number of carbonyl (C=O) groups excluding carboxylic acids is 1. The van der Waals surface area contributed by atoms with Crippen LogP contribution in [-0.2, 0) is 14.9 Å². The molecule has 4 nitrogen and oxygen atoms in total. The molecule has 0 radical (unpaired) electrons. The molecular weight excluding hydrogens is 384 g/mol. The Hall–Kier alpha value is -3.79. The van der Waals surface area contributed by atoms with Crippen molar-refractivity contribution in [2.24, 2.45) is 0 Å². The maximum absolute atomic E-state index is 13.1. The second-order valence-electron chi connectivity index (χ2n) is 7.75. The predicted octanol–water partition coefficient (Wildman–Crippen LogP) is 5.94. The molecule has 5 aromatic rings. The van der Waals surface area contributed by atoms with Gasteiger partial charge in [0.1, 0.15) is 0 Å². The first-order valence-corrected chi connectivity index (χ1v) is 10.6. The summed E-state index contributed by atoms with van der Waals surface area (Å²) in [5.74, 6) is -0.220. The van der Waals surface area contributed by atoms with Crippen LogP contribution in [0.15, 0.2) is 91.3 Å². The van der Waals surface area contributed by atoms with Crippen LogP contribution in [0.4, 0.5) is 0 Å². The van der Waals surface area contributed by atoms with Gasteiger partial charge < -0.3 is 14.7 Å². The van der Waals surface area contributed by atoms with Gasteiger partial charge in [-0.1, -0.05) is 66.7 Å². The second-order valence-corrected chi connectivity index (χ2v) is 7.75. The minimum atomic E-state index is -0.716. The van der Waals surface area contributed by atoms with E-state index >= 15 is 0 Å². The molecule has 0 amide bonds. The number of para-hydroxylation sites is 2. The van der Waals surface area contributed by atoms with Crippen molar-refractivity contribution in [3.05, 3.63) is 108 Å². The Balaban J connectivity index is 1.89. The quantitative estimate of drug-likeness (QED) is 0.342.